The van der Waals surface area contributed by atoms with Gasteiger partial charge in [0, 0.05) is 31.6 Å². The van der Waals surface area contributed by atoms with Crippen molar-refractivity contribution >= 4 is 12.0 Å². The fraction of sp³-hybridized carbons (Fsp3) is 0.250. The Morgan fingerprint density at radius 3 is 3.14 bits per heavy atom. The number of carbonyl (C=O) groups is 1. The lowest BCUT2D eigenvalue weighted by Gasteiger charge is -2.03. The van der Waals surface area contributed by atoms with Crippen molar-refractivity contribution in [2.24, 2.45) is 0 Å². The third-order valence-electron chi connectivity index (χ3n) is 3.25. The first kappa shape index (κ1) is 14.2. The summed E-state index contributed by atoms with van der Waals surface area (Å²) in [4.78, 5) is 11.7. The molecule has 1 N–H and O–H groups in total. The molecule has 2 aromatic rings. The number of ether oxygens (including phenoxy) is 2. The second-order valence-corrected chi connectivity index (χ2v) is 4.86. The van der Waals surface area contributed by atoms with Gasteiger partial charge in [0.2, 0.25) is 12.7 Å². The van der Waals surface area contributed by atoms with Gasteiger partial charge in [-0.05, 0) is 36.3 Å². The Labute approximate surface area is 128 Å². The quantitative estimate of drug-likeness (QED) is 0.653. The molecule has 114 valence electrons. The van der Waals surface area contributed by atoms with Crippen molar-refractivity contribution in [1.82, 2.24) is 15.1 Å². The monoisotopic (exact) mass is 299 g/mol. The standard InChI is InChI=1S/C16H17N3O3/c20-16(17-7-1-9-19-10-2-8-18-19)6-4-13-3-5-14-15(11-13)22-12-21-14/h2-6,8,10-11H,1,7,9,12H2,(H,17,20)/b6-4-. The molecule has 0 bridgehead atoms. The molecule has 2 heterocycles. The van der Waals surface area contributed by atoms with Gasteiger partial charge >= 0.3 is 0 Å². The molecule has 0 radical (unpaired) electrons. The van der Waals surface area contributed by atoms with Crippen LogP contribution in [0.5, 0.6) is 11.5 Å². The number of benzene rings is 1. The minimum absolute atomic E-state index is 0.113. The molecule has 1 amide bonds. The molecule has 6 nitrogen and oxygen atoms in total. The van der Waals surface area contributed by atoms with Gasteiger partial charge in [-0.25, -0.2) is 0 Å². The highest BCUT2D eigenvalue weighted by atomic mass is 16.7. The summed E-state index contributed by atoms with van der Waals surface area (Å²) in [6, 6.07) is 7.45. The molecule has 1 aromatic heterocycles. The molecule has 6 heteroatoms. The highest BCUT2D eigenvalue weighted by molar-refractivity contribution is 5.91. The summed E-state index contributed by atoms with van der Waals surface area (Å²) in [6.45, 7) is 1.66. The first-order chi connectivity index (χ1) is 10.8. The van der Waals surface area contributed by atoms with Crippen LogP contribution in [0.25, 0.3) is 6.08 Å². The second kappa shape index (κ2) is 6.80. The molecular weight excluding hydrogens is 282 g/mol. The number of aromatic nitrogens is 2. The van der Waals surface area contributed by atoms with E-state index in [1.807, 2.05) is 35.1 Å². The maximum atomic E-state index is 11.7. The van der Waals surface area contributed by atoms with Crippen molar-refractivity contribution in [2.75, 3.05) is 13.3 Å². The van der Waals surface area contributed by atoms with E-state index in [2.05, 4.69) is 10.4 Å². The zero-order valence-corrected chi connectivity index (χ0v) is 12.1. The molecule has 0 unspecified atom stereocenters. The fourth-order valence-corrected chi connectivity index (χ4v) is 2.13. The molecule has 0 fully saturated rings. The first-order valence-electron chi connectivity index (χ1n) is 7.14. The molecule has 3 rings (SSSR count). The Morgan fingerprint density at radius 1 is 1.36 bits per heavy atom. The van der Waals surface area contributed by atoms with Crippen LogP contribution in [0.1, 0.15) is 12.0 Å². The van der Waals surface area contributed by atoms with E-state index >= 15 is 0 Å². The van der Waals surface area contributed by atoms with E-state index < -0.39 is 0 Å². The maximum absolute atomic E-state index is 11.7. The van der Waals surface area contributed by atoms with Crippen LogP contribution < -0.4 is 14.8 Å². The Balaban J connectivity index is 1.43. The van der Waals surface area contributed by atoms with Gasteiger partial charge in [-0.15, -0.1) is 0 Å². The Bertz CT molecular complexity index is 665. The number of hydrogen-bond acceptors (Lipinski definition) is 4. The van der Waals surface area contributed by atoms with Gasteiger partial charge in [-0.1, -0.05) is 6.07 Å². The second-order valence-electron chi connectivity index (χ2n) is 4.86. The maximum Gasteiger partial charge on any atom is 0.244 e. The van der Waals surface area contributed by atoms with E-state index in [-0.39, 0.29) is 12.7 Å². The minimum atomic E-state index is -0.113. The summed E-state index contributed by atoms with van der Waals surface area (Å²) < 4.78 is 12.4. The molecule has 1 aliphatic heterocycles. The third-order valence-corrected chi connectivity index (χ3v) is 3.25. The number of aryl methyl sites for hydroxylation is 1. The van der Waals surface area contributed by atoms with Crippen molar-refractivity contribution < 1.29 is 14.3 Å². The molecule has 0 saturated heterocycles. The van der Waals surface area contributed by atoms with Gasteiger partial charge < -0.3 is 14.8 Å². The summed E-state index contributed by atoms with van der Waals surface area (Å²) in [5, 5.41) is 6.95. The fourth-order valence-electron chi connectivity index (χ4n) is 2.13. The normalized spacial score (nSPS) is 12.7. The Morgan fingerprint density at radius 2 is 2.27 bits per heavy atom. The highest BCUT2D eigenvalue weighted by Crippen LogP contribution is 2.32. The van der Waals surface area contributed by atoms with Crippen molar-refractivity contribution in [1.29, 1.82) is 0 Å². The third kappa shape index (κ3) is 3.66. The number of amides is 1. The van der Waals surface area contributed by atoms with Crippen molar-refractivity contribution in [3.63, 3.8) is 0 Å². The van der Waals surface area contributed by atoms with Crippen LogP contribution in [0, 0.1) is 0 Å². The van der Waals surface area contributed by atoms with Crippen molar-refractivity contribution in [2.45, 2.75) is 13.0 Å². The average Bonchev–Trinajstić information content (AvgIpc) is 3.20. The van der Waals surface area contributed by atoms with E-state index in [0.29, 0.717) is 12.3 Å². The summed E-state index contributed by atoms with van der Waals surface area (Å²) in [5.74, 6) is 1.33. The zero-order valence-electron chi connectivity index (χ0n) is 12.1. The summed E-state index contributed by atoms with van der Waals surface area (Å²) in [7, 11) is 0. The number of hydrogen-bond donors (Lipinski definition) is 1. The molecule has 1 aliphatic rings. The molecule has 0 aliphatic carbocycles. The lowest BCUT2D eigenvalue weighted by Crippen LogP contribution is -2.23. The predicted octanol–water partition coefficient (Wildman–Crippen LogP) is 1.83. The number of nitrogens with one attached hydrogen (secondary N) is 1. The van der Waals surface area contributed by atoms with Gasteiger partial charge in [0.25, 0.3) is 0 Å². The summed E-state index contributed by atoms with van der Waals surface area (Å²) >= 11 is 0. The van der Waals surface area contributed by atoms with Crippen LogP contribution in [0.4, 0.5) is 0 Å². The van der Waals surface area contributed by atoms with E-state index in [4.69, 9.17) is 9.47 Å². The van der Waals surface area contributed by atoms with Gasteiger partial charge in [0.15, 0.2) is 11.5 Å². The largest absolute Gasteiger partial charge is 0.454 e. The topological polar surface area (TPSA) is 65.4 Å². The molecular formula is C16H17N3O3. The first-order valence-corrected chi connectivity index (χ1v) is 7.14. The number of carbonyl (C=O) groups excluding carboxylic acids is 1. The number of fused-ring (bicyclic) bond motifs is 1. The van der Waals surface area contributed by atoms with Crippen LogP contribution in [-0.4, -0.2) is 29.0 Å². The van der Waals surface area contributed by atoms with Crippen LogP contribution in [-0.2, 0) is 11.3 Å². The minimum Gasteiger partial charge on any atom is -0.454 e. The smallest absolute Gasteiger partial charge is 0.244 e. The zero-order chi connectivity index (χ0) is 15.2. The predicted molar refractivity (Wildman–Crippen MR) is 81.5 cm³/mol. The van der Waals surface area contributed by atoms with Gasteiger partial charge in [-0.2, -0.15) is 5.10 Å². The van der Waals surface area contributed by atoms with Gasteiger partial charge in [-0.3, -0.25) is 9.48 Å². The van der Waals surface area contributed by atoms with Gasteiger partial charge in [0.1, 0.15) is 0 Å². The summed E-state index contributed by atoms with van der Waals surface area (Å²) in [5.41, 5.74) is 0.899. The van der Waals surface area contributed by atoms with Crippen LogP contribution in [0.15, 0.2) is 42.7 Å². The Kier molecular flexibility index (Phi) is 4.38. The lowest BCUT2D eigenvalue weighted by molar-refractivity contribution is -0.116. The van der Waals surface area contributed by atoms with E-state index in [0.717, 1.165) is 24.3 Å². The van der Waals surface area contributed by atoms with Crippen molar-refractivity contribution in [3.8, 4) is 11.5 Å². The van der Waals surface area contributed by atoms with Gasteiger partial charge in [0.05, 0.1) is 0 Å². The number of rotatable bonds is 6. The average molecular weight is 299 g/mol. The Hall–Kier alpha value is -2.76. The van der Waals surface area contributed by atoms with Crippen LogP contribution >= 0.6 is 0 Å². The summed E-state index contributed by atoms with van der Waals surface area (Å²) in [6.07, 6.45) is 7.76. The van der Waals surface area contributed by atoms with E-state index in [1.54, 1.807) is 12.3 Å². The van der Waals surface area contributed by atoms with Crippen LogP contribution in [0.3, 0.4) is 0 Å². The van der Waals surface area contributed by atoms with E-state index in [9.17, 15) is 4.79 Å². The van der Waals surface area contributed by atoms with Crippen molar-refractivity contribution in [3.05, 3.63) is 48.3 Å². The molecule has 0 saturated carbocycles. The number of nitrogens with zero attached hydrogens (tertiary/aromatic N) is 2. The lowest BCUT2D eigenvalue weighted by atomic mass is 10.2. The van der Waals surface area contributed by atoms with E-state index in [1.165, 1.54) is 6.08 Å². The van der Waals surface area contributed by atoms with Crippen LogP contribution in [0.2, 0.25) is 0 Å². The molecule has 22 heavy (non-hydrogen) atoms. The highest BCUT2D eigenvalue weighted by Gasteiger charge is 2.12. The molecule has 0 spiro atoms. The molecule has 0 atom stereocenters. The SMILES string of the molecule is O=C(/C=C\c1ccc2c(c1)OCO2)NCCCn1cccn1. The molecule has 1 aromatic carbocycles.